The summed E-state index contributed by atoms with van der Waals surface area (Å²) in [4.78, 5) is 4.64. The molecule has 0 fully saturated rings. The molecule has 2 aromatic rings. The van der Waals surface area contributed by atoms with E-state index in [0.717, 1.165) is 16.6 Å². The molecule has 0 aliphatic carbocycles. The lowest BCUT2D eigenvalue weighted by Gasteiger charge is -2.30. The third-order valence-electron chi connectivity index (χ3n) is 4.52. The Morgan fingerprint density at radius 1 is 1.20 bits per heavy atom. The largest absolute Gasteiger partial charge is 0.382 e. The summed E-state index contributed by atoms with van der Waals surface area (Å²) in [5.41, 5.74) is 11.8. The molecule has 2 atom stereocenters. The molecule has 3 rings (SSSR count). The number of anilines is 1. The topological polar surface area (TPSA) is 67.1 Å². The van der Waals surface area contributed by atoms with Crippen LogP contribution in [0.15, 0.2) is 34.5 Å². The number of nitrogens with one attached hydrogen (secondary N) is 1. The average Bonchev–Trinajstić information content (AvgIpc) is 2.79. The minimum absolute atomic E-state index is 0.367. The number of hydrogen-bond acceptors (Lipinski definition) is 3. The Bertz CT molecular complexity index is 736. The van der Waals surface area contributed by atoms with E-state index in [2.05, 4.69) is 61.1 Å². The van der Waals surface area contributed by atoms with Crippen molar-refractivity contribution in [3.63, 3.8) is 0 Å². The summed E-state index contributed by atoms with van der Waals surface area (Å²) in [6, 6.07) is 6.38. The first-order chi connectivity index (χ1) is 9.49. The van der Waals surface area contributed by atoms with Crippen molar-refractivity contribution in [3.05, 3.63) is 35.0 Å². The smallest absolute Gasteiger partial charge is 0.153 e. The Balaban J connectivity index is 2.14. The van der Waals surface area contributed by atoms with Crippen molar-refractivity contribution in [2.75, 3.05) is 5.73 Å². The first-order valence-electron chi connectivity index (χ1n) is 6.95. The van der Waals surface area contributed by atoms with E-state index in [1.807, 2.05) is 0 Å². The van der Waals surface area contributed by atoms with Gasteiger partial charge in [0, 0.05) is 28.6 Å². The Hall–Kier alpha value is -2.10. The first kappa shape index (κ1) is 12.9. The molecule has 20 heavy (non-hydrogen) atoms. The van der Waals surface area contributed by atoms with Crippen LogP contribution in [0.5, 0.6) is 0 Å². The van der Waals surface area contributed by atoms with Crippen LogP contribution in [0.1, 0.15) is 39.2 Å². The Labute approximate surface area is 118 Å². The fraction of sp³-hybridized carbons (Fsp3) is 0.375. The number of H-pyrrole nitrogens is 1. The number of nitrogens with two attached hydrogens (primary N) is 1. The minimum atomic E-state index is 0.367. The van der Waals surface area contributed by atoms with Gasteiger partial charge in [0.15, 0.2) is 5.82 Å². The van der Waals surface area contributed by atoms with Crippen molar-refractivity contribution < 1.29 is 0 Å². The van der Waals surface area contributed by atoms with E-state index >= 15 is 0 Å². The number of aromatic amines is 1. The number of aliphatic imine (C=N–C) groups is 1. The quantitative estimate of drug-likeness (QED) is 0.829. The molecule has 0 radical (unpaired) electrons. The maximum absolute atomic E-state index is 5.92. The molecule has 1 aliphatic rings. The zero-order valence-corrected chi connectivity index (χ0v) is 12.4. The van der Waals surface area contributed by atoms with E-state index in [1.54, 1.807) is 0 Å². The van der Waals surface area contributed by atoms with Gasteiger partial charge in [-0.05, 0) is 44.0 Å². The van der Waals surface area contributed by atoms with Crippen LogP contribution in [0.2, 0.25) is 0 Å². The van der Waals surface area contributed by atoms with Crippen LogP contribution in [0.25, 0.3) is 10.9 Å². The number of rotatable bonds is 1. The van der Waals surface area contributed by atoms with Gasteiger partial charge in [-0.15, -0.1) is 0 Å². The second-order valence-corrected chi connectivity index (χ2v) is 5.70. The summed E-state index contributed by atoms with van der Waals surface area (Å²) >= 11 is 0. The summed E-state index contributed by atoms with van der Waals surface area (Å²) in [5, 5.41) is 8.01. The lowest BCUT2D eigenvalue weighted by atomic mass is 9.77. The maximum atomic E-state index is 5.92. The zero-order chi connectivity index (χ0) is 14.4. The third-order valence-corrected chi connectivity index (χ3v) is 4.52. The van der Waals surface area contributed by atoms with Gasteiger partial charge in [-0.3, -0.25) is 10.1 Å². The highest BCUT2D eigenvalue weighted by molar-refractivity contribution is 5.90. The highest BCUT2D eigenvalue weighted by Crippen LogP contribution is 2.39. The van der Waals surface area contributed by atoms with Crippen LogP contribution in [-0.2, 0) is 0 Å². The summed E-state index contributed by atoms with van der Waals surface area (Å²) < 4.78 is 0. The Kier molecular flexibility index (Phi) is 2.89. The summed E-state index contributed by atoms with van der Waals surface area (Å²) in [7, 11) is 0. The van der Waals surface area contributed by atoms with E-state index in [1.165, 1.54) is 16.8 Å². The molecule has 2 heterocycles. The predicted octanol–water partition coefficient (Wildman–Crippen LogP) is 3.63. The van der Waals surface area contributed by atoms with Gasteiger partial charge in [-0.1, -0.05) is 13.0 Å². The lowest BCUT2D eigenvalue weighted by Crippen LogP contribution is -2.22. The Morgan fingerprint density at radius 3 is 2.70 bits per heavy atom. The first-order valence-corrected chi connectivity index (χ1v) is 6.95. The monoisotopic (exact) mass is 268 g/mol. The normalized spacial score (nSPS) is 23.3. The van der Waals surface area contributed by atoms with E-state index in [0.29, 0.717) is 17.7 Å². The zero-order valence-electron chi connectivity index (χ0n) is 12.4. The van der Waals surface area contributed by atoms with Crippen LogP contribution >= 0.6 is 0 Å². The highest BCUT2D eigenvalue weighted by Gasteiger charge is 2.28. The summed E-state index contributed by atoms with van der Waals surface area (Å²) in [6.07, 6.45) is 0. The van der Waals surface area contributed by atoms with Gasteiger partial charge in [0.1, 0.15) is 0 Å². The van der Waals surface area contributed by atoms with Crippen LogP contribution in [0, 0.1) is 5.92 Å². The fourth-order valence-corrected chi connectivity index (χ4v) is 3.08. The molecule has 1 aromatic carbocycles. The second kappa shape index (κ2) is 4.47. The fourth-order valence-electron chi connectivity index (χ4n) is 3.08. The molecule has 4 nitrogen and oxygen atoms in total. The molecule has 0 saturated carbocycles. The standard InChI is InChI=1S/C16H20N4/c1-8-10(3)18-11(4)9(2)15(8)12-5-6-14-13(7-12)16(17)20-19-14/h5-8,15H,1-4H3,(H3,17,19,20). The number of nitrogens with zero attached hydrogens (tertiary/aromatic N) is 2. The molecular formula is C16H20N4. The molecule has 0 amide bonds. The number of fused-ring (bicyclic) bond motifs is 1. The van der Waals surface area contributed by atoms with Gasteiger partial charge < -0.3 is 5.73 Å². The van der Waals surface area contributed by atoms with E-state index in [-0.39, 0.29) is 0 Å². The molecule has 1 aromatic heterocycles. The third kappa shape index (κ3) is 1.83. The van der Waals surface area contributed by atoms with Crippen molar-refractivity contribution in [2.45, 2.75) is 33.6 Å². The van der Waals surface area contributed by atoms with E-state index < -0.39 is 0 Å². The molecule has 1 aliphatic heterocycles. The van der Waals surface area contributed by atoms with Gasteiger partial charge in [-0.25, -0.2) is 0 Å². The van der Waals surface area contributed by atoms with Gasteiger partial charge >= 0.3 is 0 Å². The number of hydrogen-bond donors (Lipinski definition) is 2. The van der Waals surface area contributed by atoms with Crippen molar-refractivity contribution >= 4 is 22.4 Å². The van der Waals surface area contributed by atoms with Crippen molar-refractivity contribution in [1.82, 2.24) is 10.2 Å². The van der Waals surface area contributed by atoms with E-state index in [9.17, 15) is 0 Å². The molecule has 0 bridgehead atoms. The molecular weight excluding hydrogens is 248 g/mol. The van der Waals surface area contributed by atoms with Gasteiger partial charge in [0.2, 0.25) is 0 Å². The molecule has 4 heteroatoms. The number of allylic oxidation sites excluding steroid dienone is 2. The van der Waals surface area contributed by atoms with E-state index in [4.69, 9.17) is 5.73 Å². The van der Waals surface area contributed by atoms with Crippen molar-refractivity contribution in [1.29, 1.82) is 0 Å². The Morgan fingerprint density at radius 2 is 1.95 bits per heavy atom. The van der Waals surface area contributed by atoms with Gasteiger partial charge in [-0.2, -0.15) is 5.10 Å². The van der Waals surface area contributed by atoms with Gasteiger partial charge in [0.25, 0.3) is 0 Å². The minimum Gasteiger partial charge on any atom is -0.382 e. The molecule has 104 valence electrons. The maximum Gasteiger partial charge on any atom is 0.153 e. The molecule has 0 spiro atoms. The van der Waals surface area contributed by atoms with Crippen molar-refractivity contribution in [3.8, 4) is 0 Å². The molecule has 3 N–H and O–H groups in total. The van der Waals surface area contributed by atoms with Crippen LogP contribution in [0.4, 0.5) is 5.82 Å². The highest BCUT2D eigenvalue weighted by atomic mass is 15.1. The summed E-state index contributed by atoms with van der Waals surface area (Å²) in [5.74, 6) is 1.34. The number of aromatic nitrogens is 2. The summed E-state index contributed by atoms with van der Waals surface area (Å²) in [6.45, 7) is 8.61. The average molecular weight is 268 g/mol. The second-order valence-electron chi connectivity index (χ2n) is 5.70. The van der Waals surface area contributed by atoms with Crippen molar-refractivity contribution in [2.24, 2.45) is 10.9 Å². The van der Waals surface area contributed by atoms with Crippen LogP contribution in [-0.4, -0.2) is 15.9 Å². The van der Waals surface area contributed by atoms with Gasteiger partial charge in [0.05, 0.1) is 5.52 Å². The van der Waals surface area contributed by atoms with Crippen LogP contribution in [0.3, 0.4) is 0 Å². The molecule has 2 unspecified atom stereocenters. The SMILES string of the molecule is CC1=NC(C)=C(C)C(c2ccc3[nH]nc(N)c3c2)C1C. The van der Waals surface area contributed by atoms with Crippen LogP contribution < -0.4 is 5.73 Å². The number of nitrogen functional groups attached to an aromatic ring is 1. The predicted molar refractivity (Wildman–Crippen MR) is 83.9 cm³/mol. The molecule has 0 saturated heterocycles. The lowest BCUT2D eigenvalue weighted by molar-refractivity contribution is 0.624. The number of benzene rings is 1.